The quantitative estimate of drug-likeness (QED) is 0.591. The van der Waals surface area contributed by atoms with Crippen molar-refractivity contribution in [3.8, 4) is 11.5 Å². The van der Waals surface area contributed by atoms with Crippen LogP contribution in [0.2, 0.25) is 0 Å². The molecule has 200 valence electrons. The molecule has 0 aromatic heterocycles. The minimum atomic E-state index is -0.0805. The molecule has 1 fully saturated rings. The van der Waals surface area contributed by atoms with Crippen molar-refractivity contribution < 1.29 is 19.4 Å². The summed E-state index contributed by atoms with van der Waals surface area (Å²) in [6.07, 6.45) is 1.79. The number of rotatable bonds is 8. The van der Waals surface area contributed by atoms with Gasteiger partial charge in [0.05, 0.1) is 13.7 Å². The Hall–Kier alpha value is -3.10. The van der Waals surface area contributed by atoms with E-state index in [0.29, 0.717) is 38.5 Å². The monoisotopic (exact) mass is 508 g/mol. The summed E-state index contributed by atoms with van der Waals surface area (Å²) in [4.78, 5) is 34.0. The molecule has 8 nitrogen and oxygen atoms in total. The lowest BCUT2D eigenvalue weighted by atomic mass is 9.93. The summed E-state index contributed by atoms with van der Waals surface area (Å²) in [5.74, 6) is 0.822. The van der Waals surface area contributed by atoms with Gasteiger partial charge in [-0.15, -0.1) is 0 Å². The van der Waals surface area contributed by atoms with E-state index in [1.54, 1.807) is 13.2 Å². The van der Waals surface area contributed by atoms with E-state index in [0.717, 1.165) is 42.6 Å². The Bertz CT molecular complexity index is 1140. The largest absolute Gasteiger partial charge is 0.504 e. The first-order chi connectivity index (χ1) is 17.6. The summed E-state index contributed by atoms with van der Waals surface area (Å²) in [5.41, 5.74) is 4.16. The summed E-state index contributed by atoms with van der Waals surface area (Å²) in [5, 5.41) is 9.89. The van der Waals surface area contributed by atoms with Gasteiger partial charge >= 0.3 is 0 Å². The zero-order valence-electron chi connectivity index (χ0n) is 22.8. The summed E-state index contributed by atoms with van der Waals surface area (Å²) < 4.78 is 5.26. The second-order valence-electron chi connectivity index (χ2n) is 11.0. The number of benzene rings is 2. The molecule has 37 heavy (non-hydrogen) atoms. The number of methoxy groups -OCH3 is 1. The molecule has 2 aromatic rings. The van der Waals surface area contributed by atoms with Gasteiger partial charge < -0.3 is 24.5 Å². The lowest BCUT2D eigenvalue weighted by Gasteiger charge is -2.36. The van der Waals surface area contributed by atoms with Crippen LogP contribution in [0.15, 0.2) is 36.4 Å². The molecular weight excluding hydrogens is 468 g/mol. The van der Waals surface area contributed by atoms with E-state index in [-0.39, 0.29) is 23.1 Å². The maximum atomic E-state index is 13.5. The van der Waals surface area contributed by atoms with E-state index in [1.807, 2.05) is 53.1 Å². The molecule has 0 atom stereocenters. The highest BCUT2D eigenvalue weighted by atomic mass is 16.5. The van der Waals surface area contributed by atoms with Crippen LogP contribution in [-0.2, 0) is 24.3 Å². The third-order valence-electron chi connectivity index (χ3n) is 7.71. The van der Waals surface area contributed by atoms with Crippen molar-refractivity contribution in [3.05, 3.63) is 58.7 Å². The Balaban J connectivity index is 1.39. The first kappa shape index (κ1) is 26.9. The molecule has 2 aliphatic rings. The van der Waals surface area contributed by atoms with Crippen LogP contribution in [0.3, 0.4) is 0 Å². The van der Waals surface area contributed by atoms with Crippen LogP contribution in [0.25, 0.3) is 0 Å². The molecule has 0 spiro atoms. The molecule has 2 aromatic carbocycles. The van der Waals surface area contributed by atoms with E-state index in [4.69, 9.17) is 4.74 Å². The summed E-state index contributed by atoms with van der Waals surface area (Å²) in [6, 6.07) is 11.6. The highest BCUT2D eigenvalue weighted by Crippen LogP contribution is 2.35. The Morgan fingerprint density at radius 3 is 2.41 bits per heavy atom. The van der Waals surface area contributed by atoms with Crippen LogP contribution >= 0.6 is 0 Å². The average molecular weight is 509 g/mol. The van der Waals surface area contributed by atoms with Crippen LogP contribution in [0.1, 0.15) is 47.3 Å². The molecule has 4 rings (SSSR count). The number of phenolic OH excluding ortho intramolecular Hbond substituents is 1. The first-order valence-corrected chi connectivity index (χ1v) is 13.0. The number of aryl methyl sites for hydroxylation is 1. The van der Waals surface area contributed by atoms with Crippen molar-refractivity contribution in [2.45, 2.75) is 45.3 Å². The molecule has 0 saturated carbocycles. The van der Waals surface area contributed by atoms with Crippen molar-refractivity contribution in [1.29, 1.82) is 0 Å². The lowest BCUT2D eigenvalue weighted by molar-refractivity contribution is -0.133. The molecule has 0 bridgehead atoms. The van der Waals surface area contributed by atoms with Gasteiger partial charge in [0, 0.05) is 50.4 Å². The Kier molecular flexibility index (Phi) is 8.09. The maximum Gasteiger partial charge on any atom is 0.254 e. The highest BCUT2D eigenvalue weighted by Gasteiger charge is 2.35. The first-order valence-electron chi connectivity index (χ1n) is 13.0. The lowest BCUT2D eigenvalue weighted by Crippen LogP contribution is -2.52. The molecule has 2 heterocycles. The molecule has 0 radical (unpaired) electrons. The van der Waals surface area contributed by atoms with Gasteiger partial charge in [-0.05, 0) is 75.7 Å². The number of carbonyl (C=O) groups is 2. The smallest absolute Gasteiger partial charge is 0.254 e. The summed E-state index contributed by atoms with van der Waals surface area (Å²) in [6.45, 7) is 8.73. The van der Waals surface area contributed by atoms with E-state index in [9.17, 15) is 14.7 Å². The zero-order chi connectivity index (χ0) is 26.7. The summed E-state index contributed by atoms with van der Waals surface area (Å²) in [7, 11) is 5.35. The normalized spacial score (nSPS) is 16.3. The minimum Gasteiger partial charge on any atom is -0.504 e. The van der Waals surface area contributed by atoms with Crippen molar-refractivity contribution in [3.63, 3.8) is 0 Å². The SMILES string of the molecule is COc1cc(CCC(C)(C)N2Cc3cccc(C(=O)N4CCN(C(=O)CN(C)C)CC4)c3C2)ccc1O. The van der Waals surface area contributed by atoms with Crippen LogP contribution in [0.5, 0.6) is 11.5 Å². The number of likely N-dealkylation sites (N-methyl/N-ethyl adjacent to an activating group) is 1. The van der Waals surface area contributed by atoms with E-state index < -0.39 is 0 Å². The fourth-order valence-electron chi connectivity index (χ4n) is 5.24. The maximum absolute atomic E-state index is 13.5. The number of phenols is 1. The highest BCUT2D eigenvalue weighted by molar-refractivity contribution is 5.96. The number of hydrogen-bond donors (Lipinski definition) is 1. The van der Waals surface area contributed by atoms with Gasteiger partial charge in [0.2, 0.25) is 5.91 Å². The van der Waals surface area contributed by atoms with Crippen molar-refractivity contribution in [2.75, 3.05) is 53.9 Å². The number of hydrogen-bond acceptors (Lipinski definition) is 6. The fourth-order valence-corrected chi connectivity index (χ4v) is 5.24. The Morgan fingerprint density at radius 1 is 1.03 bits per heavy atom. The van der Waals surface area contributed by atoms with Gasteiger partial charge in [-0.2, -0.15) is 0 Å². The van der Waals surface area contributed by atoms with Gasteiger partial charge in [-0.25, -0.2) is 0 Å². The van der Waals surface area contributed by atoms with Gasteiger partial charge in [0.25, 0.3) is 5.91 Å². The topological polar surface area (TPSA) is 76.6 Å². The molecular formula is C29H40N4O4. The number of aromatic hydroxyl groups is 1. The van der Waals surface area contributed by atoms with Gasteiger partial charge in [-0.1, -0.05) is 18.2 Å². The average Bonchev–Trinajstić information content (AvgIpc) is 3.33. The van der Waals surface area contributed by atoms with E-state index >= 15 is 0 Å². The fraction of sp³-hybridized carbons (Fsp3) is 0.517. The molecule has 1 saturated heterocycles. The molecule has 0 unspecified atom stereocenters. The van der Waals surface area contributed by atoms with Crippen molar-refractivity contribution in [1.82, 2.24) is 19.6 Å². The summed E-state index contributed by atoms with van der Waals surface area (Å²) >= 11 is 0. The third-order valence-corrected chi connectivity index (χ3v) is 7.71. The van der Waals surface area contributed by atoms with Crippen molar-refractivity contribution >= 4 is 11.8 Å². The zero-order valence-corrected chi connectivity index (χ0v) is 22.8. The third kappa shape index (κ3) is 6.08. The predicted octanol–water partition coefficient (Wildman–Crippen LogP) is 2.97. The molecule has 2 aliphatic heterocycles. The molecule has 2 amide bonds. The number of fused-ring (bicyclic) bond motifs is 1. The van der Waals surface area contributed by atoms with Crippen LogP contribution in [-0.4, -0.2) is 96.0 Å². The van der Waals surface area contributed by atoms with E-state index in [1.165, 1.54) is 5.56 Å². The van der Waals surface area contributed by atoms with Gasteiger partial charge in [0.15, 0.2) is 11.5 Å². The van der Waals surface area contributed by atoms with Crippen LogP contribution in [0.4, 0.5) is 0 Å². The van der Waals surface area contributed by atoms with Gasteiger partial charge in [-0.3, -0.25) is 14.5 Å². The van der Waals surface area contributed by atoms with Crippen LogP contribution < -0.4 is 4.74 Å². The number of piperazine rings is 1. The minimum absolute atomic E-state index is 0.0624. The van der Waals surface area contributed by atoms with E-state index in [2.05, 4.69) is 24.8 Å². The standard InChI is InChI=1S/C29H40N4O4/c1-29(2,12-11-21-9-10-25(34)26(17-21)37-5)33-18-22-7-6-8-23(24(22)19-33)28(36)32-15-13-31(14-16-32)27(35)20-30(3)4/h6-10,17,34H,11-16,18-20H2,1-5H3. The molecule has 8 heteroatoms. The molecule has 1 N–H and O–H groups in total. The van der Waals surface area contributed by atoms with Gasteiger partial charge in [0.1, 0.15) is 0 Å². The Labute approximate surface area is 220 Å². The van der Waals surface area contributed by atoms with Crippen molar-refractivity contribution in [2.24, 2.45) is 0 Å². The second kappa shape index (κ2) is 11.1. The van der Waals surface area contributed by atoms with Crippen LogP contribution in [0, 0.1) is 0 Å². The Morgan fingerprint density at radius 2 is 1.73 bits per heavy atom. The predicted molar refractivity (Wildman–Crippen MR) is 144 cm³/mol. The number of amides is 2. The number of carbonyl (C=O) groups excluding carboxylic acids is 2. The number of nitrogens with zero attached hydrogens (tertiary/aromatic N) is 4. The molecule has 0 aliphatic carbocycles. The number of ether oxygens (including phenoxy) is 1. The second-order valence-corrected chi connectivity index (χ2v) is 11.0.